The fraction of sp³-hybridized carbons (Fsp3) is 0.684. The fourth-order valence-corrected chi connectivity index (χ4v) is 3.32. The van der Waals surface area contributed by atoms with E-state index >= 15 is 0 Å². The second-order valence-electron chi connectivity index (χ2n) is 8.13. The summed E-state index contributed by atoms with van der Waals surface area (Å²) in [5, 5.41) is 9.45. The van der Waals surface area contributed by atoms with Crippen LogP contribution in [0.5, 0.6) is 5.75 Å². The Morgan fingerprint density at radius 2 is 1.35 bits per heavy atom. The summed E-state index contributed by atoms with van der Waals surface area (Å²) in [4.78, 5) is 0. The molecule has 1 N–H and O–H groups in total. The van der Waals surface area contributed by atoms with Gasteiger partial charge in [-0.25, -0.2) is 0 Å². The van der Waals surface area contributed by atoms with Gasteiger partial charge in [0.1, 0.15) is 5.75 Å². The zero-order valence-electron chi connectivity index (χ0n) is 14.4. The van der Waals surface area contributed by atoms with Crippen molar-refractivity contribution in [2.24, 2.45) is 10.8 Å². The molecule has 20 heavy (non-hydrogen) atoms. The zero-order chi connectivity index (χ0) is 15.6. The second-order valence-corrected chi connectivity index (χ2v) is 8.13. The predicted octanol–water partition coefficient (Wildman–Crippen LogP) is 5.91. The van der Waals surface area contributed by atoms with E-state index in [1.54, 1.807) is 12.1 Å². The number of hydrogen-bond acceptors (Lipinski definition) is 1. The molecule has 0 atom stereocenters. The lowest BCUT2D eigenvalue weighted by molar-refractivity contribution is 0.0643. The molecule has 0 heterocycles. The maximum Gasteiger partial charge on any atom is 0.115 e. The van der Waals surface area contributed by atoms with Crippen LogP contribution in [0.15, 0.2) is 24.3 Å². The Morgan fingerprint density at radius 3 is 1.80 bits per heavy atom. The maximum atomic E-state index is 9.45. The molecule has 114 valence electrons. The normalized spacial score (nSPS) is 13.6. The molecule has 0 spiro atoms. The van der Waals surface area contributed by atoms with E-state index in [9.17, 15) is 5.11 Å². The van der Waals surface area contributed by atoms with Gasteiger partial charge in [-0.2, -0.15) is 0 Å². The molecule has 1 rings (SSSR count). The summed E-state index contributed by atoms with van der Waals surface area (Å²) >= 11 is 0. The van der Waals surface area contributed by atoms with Gasteiger partial charge in [-0.3, -0.25) is 0 Å². The molecular formula is C19H32O. The molecule has 0 radical (unpaired) electrons. The van der Waals surface area contributed by atoms with Crippen LogP contribution in [0.25, 0.3) is 0 Å². The molecule has 0 unspecified atom stereocenters. The van der Waals surface area contributed by atoms with Crippen molar-refractivity contribution in [3.05, 3.63) is 29.8 Å². The molecule has 0 amide bonds. The molecule has 1 heteroatoms. The second kappa shape index (κ2) is 5.79. The molecule has 0 saturated carbocycles. The summed E-state index contributed by atoms with van der Waals surface area (Å²) in [5.41, 5.74) is 2.01. The highest BCUT2D eigenvalue weighted by Gasteiger charge is 2.40. The van der Waals surface area contributed by atoms with Crippen molar-refractivity contribution in [2.45, 2.75) is 73.1 Å². The average Bonchev–Trinajstić information content (AvgIpc) is 2.27. The Labute approximate surface area is 125 Å². The van der Waals surface area contributed by atoms with Crippen molar-refractivity contribution in [1.29, 1.82) is 0 Å². The Kier molecular flexibility index (Phi) is 4.94. The SMILES string of the molecule is CCCC(C)(C)C(C)(C)CC(C)(C)c1ccc(O)cc1. The molecule has 0 aromatic heterocycles. The number of hydrogen-bond donors (Lipinski definition) is 1. The zero-order valence-corrected chi connectivity index (χ0v) is 14.4. The van der Waals surface area contributed by atoms with Gasteiger partial charge < -0.3 is 5.11 Å². The van der Waals surface area contributed by atoms with E-state index in [2.05, 4.69) is 60.6 Å². The van der Waals surface area contributed by atoms with Gasteiger partial charge in [-0.15, -0.1) is 0 Å². The fourth-order valence-electron chi connectivity index (χ4n) is 3.32. The summed E-state index contributed by atoms with van der Waals surface area (Å²) in [5.74, 6) is 0.343. The third kappa shape index (κ3) is 3.77. The van der Waals surface area contributed by atoms with Crippen LogP contribution in [-0.2, 0) is 5.41 Å². The van der Waals surface area contributed by atoms with E-state index in [0.717, 1.165) is 6.42 Å². The first-order chi connectivity index (χ1) is 9.02. The Balaban J connectivity index is 2.97. The molecule has 0 aliphatic carbocycles. The van der Waals surface area contributed by atoms with Crippen LogP contribution in [-0.4, -0.2) is 5.11 Å². The number of phenols is 1. The quantitative estimate of drug-likeness (QED) is 0.684. The largest absolute Gasteiger partial charge is 0.508 e. The monoisotopic (exact) mass is 276 g/mol. The summed E-state index contributed by atoms with van der Waals surface area (Å²) in [7, 11) is 0. The smallest absolute Gasteiger partial charge is 0.115 e. The third-order valence-electron chi connectivity index (χ3n) is 5.24. The molecule has 0 aliphatic heterocycles. The van der Waals surface area contributed by atoms with E-state index in [1.807, 2.05) is 0 Å². The van der Waals surface area contributed by atoms with Gasteiger partial charge in [0, 0.05) is 0 Å². The molecule has 1 aromatic carbocycles. The van der Waals surface area contributed by atoms with Crippen LogP contribution in [0.3, 0.4) is 0 Å². The van der Waals surface area contributed by atoms with Gasteiger partial charge in [-0.05, 0) is 46.8 Å². The summed E-state index contributed by atoms with van der Waals surface area (Å²) in [6.45, 7) is 16.5. The number of aromatic hydroxyl groups is 1. The molecule has 1 aromatic rings. The van der Waals surface area contributed by atoms with Crippen LogP contribution in [0.4, 0.5) is 0 Å². The highest BCUT2D eigenvalue weighted by Crippen LogP contribution is 2.49. The first-order valence-electron chi connectivity index (χ1n) is 7.81. The minimum atomic E-state index is 0.113. The van der Waals surface area contributed by atoms with Gasteiger partial charge in [0.2, 0.25) is 0 Å². The third-order valence-corrected chi connectivity index (χ3v) is 5.24. The summed E-state index contributed by atoms with van der Waals surface area (Å²) in [6.07, 6.45) is 3.62. The molecule has 1 nitrogen and oxygen atoms in total. The van der Waals surface area contributed by atoms with Crippen LogP contribution in [0.1, 0.15) is 73.3 Å². The van der Waals surface area contributed by atoms with E-state index in [1.165, 1.54) is 18.4 Å². The van der Waals surface area contributed by atoms with Crippen molar-refractivity contribution in [2.75, 3.05) is 0 Å². The molecule has 0 bridgehead atoms. The topological polar surface area (TPSA) is 20.2 Å². The van der Waals surface area contributed by atoms with Crippen molar-refractivity contribution in [3.63, 3.8) is 0 Å². The first-order valence-corrected chi connectivity index (χ1v) is 7.81. The molecule has 0 fully saturated rings. The highest BCUT2D eigenvalue weighted by atomic mass is 16.3. The lowest BCUT2D eigenvalue weighted by Gasteiger charge is -2.46. The highest BCUT2D eigenvalue weighted by molar-refractivity contribution is 5.31. The van der Waals surface area contributed by atoms with Gasteiger partial charge in [0.05, 0.1) is 0 Å². The van der Waals surface area contributed by atoms with Gasteiger partial charge in [-0.1, -0.05) is 67.0 Å². The minimum absolute atomic E-state index is 0.113. The lowest BCUT2D eigenvalue weighted by Crippen LogP contribution is -2.38. The van der Waals surface area contributed by atoms with Crippen molar-refractivity contribution >= 4 is 0 Å². The summed E-state index contributed by atoms with van der Waals surface area (Å²) < 4.78 is 0. The van der Waals surface area contributed by atoms with Crippen LogP contribution in [0, 0.1) is 10.8 Å². The van der Waals surface area contributed by atoms with E-state index < -0.39 is 0 Å². The Hall–Kier alpha value is -0.980. The molecule has 0 aliphatic rings. The Bertz CT molecular complexity index is 424. The van der Waals surface area contributed by atoms with Crippen molar-refractivity contribution < 1.29 is 5.11 Å². The first kappa shape index (κ1) is 17.1. The van der Waals surface area contributed by atoms with E-state index in [0.29, 0.717) is 11.2 Å². The summed E-state index contributed by atoms with van der Waals surface area (Å²) in [6, 6.07) is 7.69. The lowest BCUT2D eigenvalue weighted by atomic mass is 9.59. The average molecular weight is 276 g/mol. The minimum Gasteiger partial charge on any atom is -0.508 e. The van der Waals surface area contributed by atoms with E-state index in [-0.39, 0.29) is 10.8 Å². The van der Waals surface area contributed by atoms with Gasteiger partial charge in [0.15, 0.2) is 0 Å². The van der Waals surface area contributed by atoms with Gasteiger partial charge in [0.25, 0.3) is 0 Å². The van der Waals surface area contributed by atoms with Crippen molar-refractivity contribution in [3.8, 4) is 5.75 Å². The van der Waals surface area contributed by atoms with E-state index in [4.69, 9.17) is 0 Å². The van der Waals surface area contributed by atoms with Crippen LogP contribution < -0.4 is 0 Å². The number of rotatable bonds is 6. The van der Waals surface area contributed by atoms with Crippen LogP contribution in [0.2, 0.25) is 0 Å². The van der Waals surface area contributed by atoms with Crippen LogP contribution >= 0.6 is 0 Å². The van der Waals surface area contributed by atoms with Crippen molar-refractivity contribution in [1.82, 2.24) is 0 Å². The van der Waals surface area contributed by atoms with Gasteiger partial charge >= 0.3 is 0 Å². The number of phenolic OH excluding ortho intramolecular Hbond substituents is 1. The molecular weight excluding hydrogens is 244 g/mol. The maximum absolute atomic E-state index is 9.45. The number of benzene rings is 1. The standard InChI is InChI=1S/C19H32O/c1-8-13-18(4,5)19(6,7)14-17(2,3)15-9-11-16(20)12-10-15/h9-12,20H,8,13-14H2,1-7H3. The predicted molar refractivity (Wildman–Crippen MR) is 88.2 cm³/mol. The Morgan fingerprint density at radius 1 is 0.850 bits per heavy atom. The molecule has 0 saturated heterocycles.